The molecule has 0 aliphatic rings. The molecule has 0 fully saturated rings. The molecule has 5 nitrogen and oxygen atoms in total. The molecular formula is C16H19ClN4O. The van der Waals surface area contributed by atoms with E-state index in [0.717, 1.165) is 18.8 Å². The van der Waals surface area contributed by atoms with Crippen molar-refractivity contribution < 1.29 is 4.79 Å². The Bertz CT molecular complexity index is 671. The third-order valence-corrected chi connectivity index (χ3v) is 3.44. The van der Waals surface area contributed by atoms with Crippen LogP contribution in [0.4, 0.5) is 11.6 Å². The number of amides is 1. The maximum atomic E-state index is 12.4. The average molecular weight is 319 g/mol. The van der Waals surface area contributed by atoms with Crippen molar-refractivity contribution in [3.05, 3.63) is 46.7 Å². The number of anilines is 2. The molecule has 2 aromatic rings. The van der Waals surface area contributed by atoms with Crippen LogP contribution in [0.3, 0.4) is 0 Å². The van der Waals surface area contributed by atoms with Gasteiger partial charge in [-0.05, 0) is 45.0 Å². The van der Waals surface area contributed by atoms with Crippen LogP contribution in [0, 0.1) is 6.92 Å². The van der Waals surface area contributed by atoms with E-state index in [1.807, 2.05) is 25.7 Å². The lowest BCUT2D eigenvalue weighted by molar-refractivity contribution is 0.102. The van der Waals surface area contributed by atoms with Gasteiger partial charge in [-0.2, -0.15) is 0 Å². The number of rotatable bonds is 5. The predicted molar refractivity (Wildman–Crippen MR) is 89.7 cm³/mol. The molecule has 0 aliphatic heterocycles. The highest BCUT2D eigenvalue weighted by atomic mass is 35.5. The molecule has 0 unspecified atom stereocenters. The van der Waals surface area contributed by atoms with Crippen molar-refractivity contribution in [1.29, 1.82) is 0 Å². The van der Waals surface area contributed by atoms with Crippen LogP contribution >= 0.6 is 11.6 Å². The molecule has 2 rings (SSSR count). The van der Waals surface area contributed by atoms with Crippen molar-refractivity contribution in [3.63, 3.8) is 0 Å². The number of aryl methyl sites for hydroxylation is 1. The topological polar surface area (TPSA) is 58.1 Å². The van der Waals surface area contributed by atoms with E-state index in [9.17, 15) is 4.79 Å². The Labute approximate surface area is 135 Å². The molecule has 6 heteroatoms. The molecule has 0 aliphatic carbocycles. The number of halogens is 1. The van der Waals surface area contributed by atoms with Crippen LogP contribution in [0.5, 0.6) is 0 Å². The summed E-state index contributed by atoms with van der Waals surface area (Å²) in [7, 11) is 0. The van der Waals surface area contributed by atoms with Crippen LogP contribution in [0.1, 0.15) is 30.0 Å². The molecule has 1 aromatic heterocycles. The van der Waals surface area contributed by atoms with E-state index in [2.05, 4.69) is 15.3 Å². The number of nitrogens with one attached hydrogen (secondary N) is 1. The lowest BCUT2D eigenvalue weighted by Gasteiger charge is -2.19. The van der Waals surface area contributed by atoms with Crippen LogP contribution in [0.2, 0.25) is 5.02 Å². The first kappa shape index (κ1) is 16.2. The van der Waals surface area contributed by atoms with Crippen molar-refractivity contribution >= 4 is 29.1 Å². The summed E-state index contributed by atoms with van der Waals surface area (Å²) >= 11 is 5.92. The number of hydrogen-bond donors (Lipinski definition) is 1. The maximum absolute atomic E-state index is 12.4. The molecule has 1 aromatic carbocycles. The second-order valence-corrected chi connectivity index (χ2v) is 5.27. The van der Waals surface area contributed by atoms with Crippen molar-refractivity contribution in [2.75, 3.05) is 23.3 Å². The van der Waals surface area contributed by atoms with E-state index in [1.54, 1.807) is 30.3 Å². The minimum atomic E-state index is -0.277. The van der Waals surface area contributed by atoms with Crippen LogP contribution in [-0.4, -0.2) is 29.0 Å². The van der Waals surface area contributed by atoms with Gasteiger partial charge in [0, 0.05) is 29.5 Å². The largest absolute Gasteiger partial charge is 0.341 e. The van der Waals surface area contributed by atoms with Crippen LogP contribution in [-0.2, 0) is 0 Å². The van der Waals surface area contributed by atoms with Crippen LogP contribution in [0.25, 0.3) is 0 Å². The molecular weight excluding hydrogens is 300 g/mol. The molecule has 116 valence electrons. The summed E-state index contributed by atoms with van der Waals surface area (Å²) in [4.78, 5) is 23.1. The first-order chi connectivity index (χ1) is 10.5. The quantitative estimate of drug-likeness (QED) is 0.916. The van der Waals surface area contributed by atoms with Crippen molar-refractivity contribution in [3.8, 4) is 0 Å². The molecule has 0 radical (unpaired) electrons. The second-order valence-electron chi connectivity index (χ2n) is 4.83. The molecule has 1 heterocycles. The molecule has 1 amide bonds. The lowest BCUT2D eigenvalue weighted by Crippen LogP contribution is -2.26. The smallest absolute Gasteiger partial charge is 0.274 e. The monoisotopic (exact) mass is 318 g/mol. The number of hydrogen-bond acceptors (Lipinski definition) is 4. The molecule has 0 atom stereocenters. The zero-order valence-corrected chi connectivity index (χ0v) is 13.7. The molecule has 0 spiro atoms. The van der Waals surface area contributed by atoms with Gasteiger partial charge in [-0.3, -0.25) is 4.79 Å². The van der Waals surface area contributed by atoms with Crippen LogP contribution in [0.15, 0.2) is 30.3 Å². The van der Waals surface area contributed by atoms with E-state index in [4.69, 9.17) is 11.6 Å². The lowest BCUT2D eigenvalue weighted by atomic mass is 10.3. The van der Waals surface area contributed by atoms with E-state index >= 15 is 0 Å². The first-order valence-electron chi connectivity index (χ1n) is 7.21. The standard InChI is InChI=1S/C16H19ClN4O/c1-4-21(5-2)16-18-11(3)9-14(20-16)15(22)19-13-8-6-7-12(17)10-13/h6-10H,4-5H2,1-3H3,(H,19,22). The molecule has 0 saturated carbocycles. The third-order valence-electron chi connectivity index (χ3n) is 3.20. The van der Waals surface area contributed by atoms with Gasteiger partial charge in [0.2, 0.25) is 5.95 Å². The third kappa shape index (κ3) is 3.95. The fourth-order valence-corrected chi connectivity index (χ4v) is 2.27. The summed E-state index contributed by atoms with van der Waals surface area (Å²) in [5.41, 5.74) is 1.74. The Balaban J connectivity index is 2.26. The van der Waals surface area contributed by atoms with Crippen molar-refractivity contribution in [2.45, 2.75) is 20.8 Å². The summed E-state index contributed by atoms with van der Waals surface area (Å²) in [6.07, 6.45) is 0. The van der Waals surface area contributed by atoms with E-state index < -0.39 is 0 Å². The molecule has 22 heavy (non-hydrogen) atoms. The SMILES string of the molecule is CCN(CC)c1nc(C)cc(C(=O)Nc2cccc(Cl)c2)n1. The summed E-state index contributed by atoms with van der Waals surface area (Å²) in [6.45, 7) is 7.48. The van der Waals surface area contributed by atoms with E-state index in [-0.39, 0.29) is 5.91 Å². The summed E-state index contributed by atoms with van der Waals surface area (Å²) in [5.74, 6) is 0.294. The van der Waals surface area contributed by atoms with Gasteiger partial charge in [-0.25, -0.2) is 9.97 Å². The highest BCUT2D eigenvalue weighted by molar-refractivity contribution is 6.30. The van der Waals surface area contributed by atoms with Crippen LogP contribution < -0.4 is 10.2 Å². The number of aromatic nitrogens is 2. The Kier molecular flexibility index (Phi) is 5.33. The summed E-state index contributed by atoms with van der Waals surface area (Å²) in [5, 5.41) is 3.37. The normalized spacial score (nSPS) is 10.4. The van der Waals surface area contributed by atoms with Gasteiger partial charge in [-0.1, -0.05) is 17.7 Å². The van der Waals surface area contributed by atoms with E-state index in [0.29, 0.717) is 22.4 Å². The fourth-order valence-electron chi connectivity index (χ4n) is 2.08. The molecule has 0 saturated heterocycles. The Morgan fingerprint density at radius 3 is 2.59 bits per heavy atom. The Morgan fingerprint density at radius 2 is 1.95 bits per heavy atom. The second kappa shape index (κ2) is 7.22. The fraction of sp³-hybridized carbons (Fsp3) is 0.312. The van der Waals surface area contributed by atoms with E-state index in [1.165, 1.54) is 0 Å². The van der Waals surface area contributed by atoms with Gasteiger partial charge in [-0.15, -0.1) is 0 Å². The van der Waals surface area contributed by atoms with Gasteiger partial charge in [0.05, 0.1) is 0 Å². The van der Waals surface area contributed by atoms with Gasteiger partial charge < -0.3 is 10.2 Å². The highest BCUT2D eigenvalue weighted by Gasteiger charge is 2.13. The summed E-state index contributed by atoms with van der Waals surface area (Å²) in [6, 6.07) is 8.68. The number of benzene rings is 1. The maximum Gasteiger partial charge on any atom is 0.274 e. The van der Waals surface area contributed by atoms with Gasteiger partial charge in [0.15, 0.2) is 0 Å². The summed E-state index contributed by atoms with van der Waals surface area (Å²) < 4.78 is 0. The number of nitrogens with zero attached hydrogens (tertiary/aromatic N) is 3. The molecule has 0 bridgehead atoms. The van der Waals surface area contributed by atoms with Crippen molar-refractivity contribution in [2.24, 2.45) is 0 Å². The van der Waals surface area contributed by atoms with Gasteiger partial charge in [0.25, 0.3) is 5.91 Å². The highest BCUT2D eigenvalue weighted by Crippen LogP contribution is 2.16. The Morgan fingerprint density at radius 1 is 1.23 bits per heavy atom. The zero-order valence-electron chi connectivity index (χ0n) is 12.9. The van der Waals surface area contributed by atoms with Crippen molar-refractivity contribution in [1.82, 2.24) is 9.97 Å². The molecule has 1 N–H and O–H groups in total. The Hall–Kier alpha value is -2.14. The minimum Gasteiger partial charge on any atom is -0.341 e. The van der Waals surface area contributed by atoms with Gasteiger partial charge in [0.1, 0.15) is 5.69 Å². The average Bonchev–Trinajstić information content (AvgIpc) is 2.48. The number of carbonyl (C=O) groups excluding carboxylic acids is 1. The first-order valence-corrected chi connectivity index (χ1v) is 7.58. The number of carbonyl (C=O) groups is 1. The minimum absolute atomic E-state index is 0.277. The predicted octanol–water partition coefficient (Wildman–Crippen LogP) is 3.54. The van der Waals surface area contributed by atoms with Gasteiger partial charge >= 0.3 is 0 Å². The zero-order chi connectivity index (χ0) is 16.1.